The van der Waals surface area contributed by atoms with E-state index in [0.717, 1.165) is 23.0 Å². The molecule has 4 heteroatoms. The molecular weight excluding hydrogens is 336 g/mol. The Balaban J connectivity index is 1.71. The summed E-state index contributed by atoms with van der Waals surface area (Å²) in [6.45, 7) is 3.96. The topological polar surface area (TPSA) is 26.3 Å². The van der Waals surface area contributed by atoms with Gasteiger partial charge in [-0.15, -0.1) is 22.7 Å². The lowest BCUT2D eigenvalue weighted by Crippen LogP contribution is -1.63. The van der Waals surface area contributed by atoms with E-state index < -0.39 is 0 Å². The summed E-state index contributed by atoms with van der Waals surface area (Å²) in [5.41, 5.74) is 0. The summed E-state index contributed by atoms with van der Waals surface area (Å²) in [7, 11) is 0. The quantitative estimate of drug-likeness (QED) is 0.335. The second-order valence-electron chi connectivity index (χ2n) is 5.94. The lowest BCUT2D eigenvalue weighted by molar-refractivity contribution is 0.549. The normalized spacial score (nSPS) is 11.8. The summed E-state index contributed by atoms with van der Waals surface area (Å²) in [6.07, 6.45) is 0. The van der Waals surface area contributed by atoms with Crippen molar-refractivity contribution >= 4 is 42.8 Å². The molecule has 4 heterocycles. The van der Waals surface area contributed by atoms with Crippen LogP contribution in [-0.2, 0) is 0 Å². The van der Waals surface area contributed by atoms with Crippen LogP contribution in [0, 0.1) is 13.8 Å². The highest BCUT2D eigenvalue weighted by Crippen LogP contribution is 2.43. The Morgan fingerprint density at radius 3 is 1.46 bits per heavy atom. The molecule has 0 unspecified atom stereocenters. The first-order valence-electron chi connectivity index (χ1n) is 7.77. The number of benzene rings is 1. The number of furan rings is 2. The maximum Gasteiger partial charge on any atom is 0.144 e. The largest absolute Gasteiger partial charge is 0.461 e. The van der Waals surface area contributed by atoms with Gasteiger partial charge in [0, 0.05) is 0 Å². The molecule has 0 atom stereocenters. The Labute approximate surface area is 147 Å². The standard InChI is InChI=1S/C20H14O2S2/c1-11-3-7-15(21-11)17-9-13-5-6-14-10-18(16-8-4-12(2)22-16)24-20(14)19(13)23-17/h3-10H,1-2H3. The van der Waals surface area contributed by atoms with Gasteiger partial charge in [-0.1, -0.05) is 12.1 Å². The van der Waals surface area contributed by atoms with Gasteiger partial charge in [-0.05, 0) is 61.0 Å². The smallest absolute Gasteiger partial charge is 0.144 e. The van der Waals surface area contributed by atoms with Crippen LogP contribution in [0.25, 0.3) is 41.4 Å². The number of aryl methyl sites for hydroxylation is 2. The van der Waals surface area contributed by atoms with E-state index >= 15 is 0 Å². The predicted octanol–water partition coefficient (Wildman–Crippen LogP) is 7.25. The molecule has 118 valence electrons. The molecule has 0 aliphatic rings. The van der Waals surface area contributed by atoms with E-state index in [1.165, 1.54) is 29.9 Å². The van der Waals surface area contributed by atoms with Crippen molar-refractivity contribution in [3.8, 4) is 21.3 Å². The van der Waals surface area contributed by atoms with Crippen LogP contribution in [0.2, 0.25) is 0 Å². The van der Waals surface area contributed by atoms with Crippen LogP contribution in [0.5, 0.6) is 0 Å². The van der Waals surface area contributed by atoms with Crippen molar-refractivity contribution in [2.75, 3.05) is 0 Å². The van der Waals surface area contributed by atoms with Crippen molar-refractivity contribution in [3.63, 3.8) is 0 Å². The maximum absolute atomic E-state index is 5.79. The summed E-state index contributed by atoms with van der Waals surface area (Å²) in [5.74, 6) is 3.78. The number of hydrogen-bond donors (Lipinski definition) is 0. The third-order valence-corrected chi connectivity index (χ3v) is 6.63. The molecule has 24 heavy (non-hydrogen) atoms. The number of rotatable bonds is 2. The van der Waals surface area contributed by atoms with E-state index in [1.807, 2.05) is 38.1 Å². The molecule has 0 aliphatic carbocycles. The Hall–Kier alpha value is -2.30. The molecule has 5 aromatic rings. The van der Waals surface area contributed by atoms with Crippen molar-refractivity contribution in [1.82, 2.24) is 0 Å². The lowest BCUT2D eigenvalue weighted by atomic mass is 10.2. The highest BCUT2D eigenvalue weighted by Gasteiger charge is 2.14. The second-order valence-corrected chi connectivity index (χ2v) is 8.05. The first kappa shape index (κ1) is 14.1. The molecular formula is C20H14O2S2. The van der Waals surface area contributed by atoms with Gasteiger partial charge in [0.2, 0.25) is 0 Å². The maximum atomic E-state index is 5.79. The molecule has 0 saturated heterocycles. The summed E-state index contributed by atoms with van der Waals surface area (Å²) in [5, 5.41) is 2.53. The lowest BCUT2D eigenvalue weighted by Gasteiger charge is -1.90. The Morgan fingerprint density at radius 2 is 1.08 bits per heavy atom. The number of thiophene rings is 2. The van der Waals surface area contributed by atoms with Gasteiger partial charge in [0.1, 0.15) is 23.0 Å². The van der Waals surface area contributed by atoms with Gasteiger partial charge in [-0.2, -0.15) is 0 Å². The van der Waals surface area contributed by atoms with Crippen LogP contribution < -0.4 is 0 Å². The highest BCUT2D eigenvalue weighted by atomic mass is 32.1. The zero-order valence-electron chi connectivity index (χ0n) is 13.3. The van der Waals surface area contributed by atoms with E-state index in [2.05, 4.69) is 24.3 Å². The van der Waals surface area contributed by atoms with Gasteiger partial charge < -0.3 is 8.83 Å². The van der Waals surface area contributed by atoms with E-state index in [-0.39, 0.29) is 0 Å². The zero-order valence-corrected chi connectivity index (χ0v) is 14.9. The Bertz CT molecular complexity index is 1090. The Kier molecular flexibility index (Phi) is 2.99. The van der Waals surface area contributed by atoms with Gasteiger partial charge in [0.15, 0.2) is 0 Å². The average Bonchev–Trinajstić information content (AvgIpc) is 3.30. The van der Waals surface area contributed by atoms with Crippen LogP contribution in [0.1, 0.15) is 11.5 Å². The monoisotopic (exact) mass is 350 g/mol. The third kappa shape index (κ3) is 2.14. The van der Waals surface area contributed by atoms with Crippen LogP contribution >= 0.6 is 22.7 Å². The third-order valence-electron chi connectivity index (χ3n) is 4.14. The SMILES string of the molecule is Cc1ccc(-c2cc3ccc4cc(-c5ccc(C)o5)sc4c3s2)o1. The van der Waals surface area contributed by atoms with E-state index in [1.54, 1.807) is 22.7 Å². The van der Waals surface area contributed by atoms with E-state index in [0.29, 0.717) is 0 Å². The van der Waals surface area contributed by atoms with Gasteiger partial charge >= 0.3 is 0 Å². The summed E-state index contributed by atoms with van der Waals surface area (Å²) >= 11 is 3.59. The summed E-state index contributed by atoms with van der Waals surface area (Å²) in [4.78, 5) is 2.35. The average molecular weight is 350 g/mol. The first-order chi connectivity index (χ1) is 11.7. The fourth-order valence-electron chi connectivity index (χ4n) is 2.97. The number of fused-ring (bicyclic) bond motifs is 3. The van der Waals surface area contributed by atoms with Crippen molar-refractivity contribution in [1.29, 1.82) is 0 Å². The van der Waals surface area contributed by atoms with Crippen LogP contribution in [-0.4, -0.2) is 0 Å². The predicted molar refractivity (Wildman–Crippen MR) is 102 cm³/mol. The van der Waals surface area contributed by atoms with E-state index in [4.69, 9.17) is 8.83 Å². The minimum absolute atomic E-state index is 0.944. The highest BCUT2D eigenvalue weighted by molar-refractivity contribution is 7.30. The molecule has 0 radical (unpaired) electrons. The molecule has 5 rings (SSSR count). The molecule has 0 saturated carbocycles. The molecule has 0 aliphatic heterocycles. The molecule has 2 nitrogen and oxygen atoms in total. The minimum Gasteiger partial charge on any atom is -0.461 e. The van der Waals surface area contributed by atoms with Crippen LogP contribution in [0.15, 0.2) is 57.4 Å². The zero-order chi connectivity index (χ0) is 16.3. The van der Waals surface area contributed by atoms with Crippen molar-refractivity contribution in [3.05, 3.63) is 60.1 Å². The van der Waals surface area contributed by atoms with Gasteiger partial charge in [0.25, 0.3) is 0 Å². The van der Waals surface area contributed by atoms with E-state index in [9.17, 15) is 0 Å². The molecule has 0 amide bonds. The second kappa shape index (κ2) is 5.10. The first-order valence-corrected chi connectivity index (χ1v) is 9.40. The summed E-state index contributed by atoms with van der Waals surface area (Å²) in [6, 6.07) is 16.9. The van der Waals surface area contributed by atoms with Gasteiger partial charge in [-0.3, -0.25) is 0 Å². The molecule has 1 aromatic carbocycles. The van der Waals surface area contributed by atoms with Gasteiger partial charge in [0.05, 0.1) is 19.2 Å². The molecule has 0 bridgehead atoms. The summed E-state index contributed by atoms with van der Waals surface area (Å²) < 4.78 is 14.2. The van der Waals surface area contributed by atoms with Crippen LogP contribution in [0.3, 0.4) is 0 Å². The van der Waals surface area contributed by atoms with Gasteiger partial charge in [-0.25, -0.2) is 0 Å². The molecule has 0 N–H and O–H groups in total. The van der Waals surface area contributed by atoms with Crippen molar-refractivity contribution < 1.29 is 8.83 Å². The minimum atomic E-state index is 0.944. The fraction of sp³-hybridized carbons (Fsp3) is 0.100. The van der Waals surface area contributed by atoms with Crippen LogP contribution in [0.4, 0.5) is 0 Å². The fourth-order valence-corrected chi connectivity index (χ4v) is 5.36. The Morgan fingerprint density at radius 1 is 0.625 bits per heavy atom. The van der Waals surface area contributed by atoms with Crippen molar-refractivity contribution in [2.24, 2.45) is 0 Å². The molecule has 0 spiro atoms. The van der Waals surface area contributed by atoms with Crippen molar-refractivity contribution in [2.45, 2.75) is 13.8 Å². The molecule has 4 aromatic heterocycles. The number of hydrogen-bond acceptors (Lipinski definition) is 4. The molecule has 0 fully saturated rings.